The fourth-order valence-electron chi connectivity index (χ4n) is 2.83. The molecule has 4 heteroatoms. The van der Waals surface area contributed by atoms with E-state index in [2.05, 4.69) is 12.1 Å². The first-order chi connectivity index (χ1) is 9.77. The van der Waals surface area contributed by atoms with Gasteiger partial charge >= 0.3 is 0 Å². The average Bonchev–Trinajstić information content (AvgIpc) is 3.30. The van der Waals surface area contributed by atoms with Crippen LogP contribution in [-0.4, -0.2) is 33.0 Å². The highest BCUT2D eigenvalue weighted by Crippen LogP contribution is 2.49. The van der Waals surface area contributed by atoms with Crippen LogP contribution >= 0.6 is 0 Å². The minimum absolute atomic E-state index is 0.185. The van der Waals surface area contributed by atoms with Gasteiger partial charge in [-0.15, -0.1) is 0 Å². The SMILES string of the molecule is COc1cc(C2(CN)CC2)ccc1OC1CCOCC1. The number of rotatable bonds is 5. The molecule has 2 N–H and O–H groups in total. The van der Waals surface area contributed by atoms with Crippen LogP contribution in [-0.2, 0) is 10.2 Å². The van der Waals surface area contributed by atoms with E-state index in [-0.39, 0.29) is 11.5 Å². The predicted molar refractivity (Wildman–Crippen MR) is 77.4 cm³/mol. The quantitative estimate of drug-likeness (QED) is 0.897. The maximum atomic E-state index is 6.06. The van der Waals surface area contributed by atoms with Gasteiger partial charge < -0.3 is 19.9 Å². The van der Waals surface area contributed by atoms with Crippen molar-refractivity contribution in [2.75, 3.05) is 26.9 Å². The van der Waals surface area contributed by atoms with Gasteiger partial charge in [0.15, 0.2) is 11.5 Å². The first-order valence-corrected chi connectivity index (χ1v) is 7.40. The Hall–Kier alpha value is -1.26. The molecule has 0 aromatic heterocycles. The summed E-state index contributed by atoms with van der Waals surface area (Å²) in [5, 5.41) is 0. The van der Waals surface area contributed by atoms with E-state index < -0.39 is 0 Å². The highest BCUT2D eigenvalue weighted by molar-refractivity contribution is 5.47. The third-order valence-corrected chi connectivity index (χ3v) is 4.48. The Balaban J connectivity index is 1.77. The van der Waals surface area contributed by atoms with Crippen molar-refractivity contribution < 1.29 is 14.2 Å². The van der Waals surface area contributed by atoms with E-state index in [0.717, 1.165) is 37.6 Å². The number of ether oxygens (including phenoxy) is 3. The van der Waals surface area contributed by atoms with Crippen LogP contribution in [0.1, 0.15) is 31.2 Å². The zero-order valence-electron chi connectivity index (χ0n) is 12.1. The molecule has 4 nitrogen and oxygen atoms in total. The van der Waals surface area contributed by atoms with E-state index in [9.17, 15) is 0 Å². The molecule has 1 aromatic rings. The van der Waals surface area contributed by atoms with Crippen LogP contribution in [0.25, 0.3) is 0 Å². The minimum atomic E-state index is 0.185. The van der Waals surface area contributed by atoms with Crippen LogP contribution in [0.3, 0.4) is 0 Å². The van der Waals surface area contributed by atoms with E-state index in [1.807, 2.05) is 6.07 Å². The van der Waals surface area contributed by atoms with Gasteiger partial charge in [0.05, 0.1) is 20.3 Å². The lowest BCUT2D eigenvalue weighted by atomic mass is 9.96. The summed E-state index contributed by atoms with van der Waals surface area (Å²) in [6.45, 7) is 2.26. The van der Waals surface area contributed by atoms with Crippen LogP contribution in [0.15, 0.2) is 18.2 Å². The first-order valence-electron chi connectivity index (χ1n) is 7.40. The van der Waals surface area contributed by atoms with Crippen molar-refractivity contribution in [3.63, 3.8) is 0 Å². The van der Waals surface area contributed by atoms with Crippen molar-refractivity contribution in [2.45, 2.75) is 37.2 Å². The molecular weight excluding hydrogens is 254 g/mol. The molecule has 2 aliphatic rings. The number of methoxy groups -OCH3 is 1. The van der Waals surface area contributed by atoms with Gasteiger partial charge in [-0.2, -0.15) is 0 Å². The molecule has 1 aromatic carbocycles. The number of benzene rings is 1. The fraction of sp³-hybridized carbons (Fsp3) is 0.625. The van der Waals surface area contributed by atoms with Crippen molar-refractivity contribution in [1.82, 2.24) is 0 Å². The summed E-state index contributed by atoms with van der Waals surface area (Å²) in [7, 11) is 1.69. The molecule has 0 radical (unpaired) electrons. The molecule has 110 valence electrons. The smallest absolute Gasteiger partial charge is 0.161 e. The lowest BCUT2D eigenvalue weighted by molar-refractivity contribution is 0.0245. The van der Waals surface area contributed by atoms with Crippen molar-refractivity contribution in [1.29, 1.82) is 0 Å². The molecule has 1 saturated carbocycles. The molecule has 20 heavy (non-hydrogen) atoms. The van der Waals surface area contributed by atoms with Gasteiger partial charge in [-0.3, -0.25) is 0 Å². The highest BCUT2D eigenvalue weighted by Gasteiger charge is 2.43. The summed E-state index contributed by atoms with van der Waals surface area (Å²) >= 11 is 0. The number of hydrogen-bond acceptors (Lipinski definition) is 4. The second-order valence-corrected chi connectivity index (χ2v) is 5.78. The van der Waals surface area contributed by atoms with Crippen molar-refractivity contribution in [3.05, 3.63) is 23.8 Å². The summed E-state index contributed by atoms with van der Waals surface area (Å²) in [4.78, 5) is 0. The van der Waals surface area contributed by atoms with Gasteiger partial charge in [-0.25, -0.2) is 0 Å². The number of nitrogens with two attached hydrogens (primary N) is 1. The molecule has 0 amide bonds. The molecule has 3 rings (SSSR count). The summed E-state index contributed by atoms with van der Waals surface area (Å²) in [6.07, 6.45) is 4.46. The maximum Gasteiger partial charge on any atom is 0.161 e. The summed E-state index contributed by atoms with van der Waals surface area (Å²) in [5.41, 5.74) is 7.35. The standard InChI is InChI=1S/C16H23NO3/c1-18-15-10-12(16(11-17)6-7-16)2-3-14(15)20-13-4-8-19-9-5-13/h2-3,10,13H,4-9,11,17H2,1H3. The predicted octanol–water partition coefficient (Wildman–Crippen LogP) is 2.24. The van der Waals surface area contributed by atoms with Gasteiger partial charge in [0.25, 0.3) is 0 Å². The van der Waals surface area contributed by atoms with Crippen molar-refractivity contribution in [2.24, 2.45) is 5.73 Å². The second-order valence-electron chi connectivity index (χ2n) is 5.78. The molecule has 1 saturated heterocycles. The molecule has 1 heterocycles. The van der Waals surface area contributed by atoms with Crippen LogP contribution in [0.2, 0.25) is 0 Å². The Kier molecular flexibility index (Phi) is 3.85. The lowest BCUT2D eigenvalue weighted by Crippen LogP contribution is -2.26. The Morgan fingerprint density at radius 2 is 2.00 bits per heavy atom. The molecule has 0 unspecified atom stereocenters. The fourth-order valence-corrected chi connectivity index (χ4v) is 2.83. The molecule has 0 atom stereocenters. The molecule has 1 aliphatic heterocycles. The Morgan fingerprint density at radius 1 is 1.25 bits per heavy atom. The van der Waals surface area contributed by atoms with Gasteiger partial charge in [-0.05, 0) is 30.5 Å². The van der Waals surface area contributed by atoms with Gasteiger partial charge in [0, 0.05) is 24.8 Å². The first kappa shape index (κ1) is 13.7. The summed E-state index contributed by atoms with van der Waals surface area (Å²) in [5.74, 6) is 1.64. The molecule has 0 spiro atoms. The van der Waals surface area contributed by atoms with Crippen LogP contribution < -0.4 is 15.2 Å². The largest absolute Gasteiger partial charge is 0.493 e. The Morgan fingerprint density at radius 3 is 2.60 bits per heavy atom. The maximum absolute atomic E-state index is 6.06. The summed E-state index contributed by atoms with van der Waals surface area (Å²) < 4.78 is 16.9. The third-order valence-electron chi connectivity index (χ3n) is 4.48. The van der Waals surface area contributed by atoms with E-state index in [4.69, 9.17) is 19.9 Å². The Bertz CT molecular complexity index is 465. The third kappa shape index (κ3) is 2.63. The molecule has 1 aliphatic carbocycles. The zero-order chi connectivity index (χ0) is 14.0. The molecule has 2 fully saturated rings. The van der Waals surface area contributed by atoms with Crippen molar-refractivity contribution >= 4 is 0 Å². The lowest BCUT2D eigenvalue weighted by Gasteiger charge is -2.25. The highest BCUT2D eigenvalue weighted by atomic mass is 16.5. The molecular formula is C16H23NO3. The van der Waals surface area contributed by atoms with Crippen LogP contribution in [0.5, 0.6) is 11.5 Å². The van der Waals surface area contributed by atoms with Gasteiger partial charge in [0.2, 0.25) is 0 Å². The van der Waals surface area contributed by atoms with Crippen LogP contribution in [0.4, 0.5) is 0 Å². The average molecular weight is 277 g/mol. The normalized spacial score (nSPS) is 21.5. The van der Waals surface area contributed by atoms with Crippen molar-refractivity contribution in [3.8, 4) is 11.5 Å². The molecule has 0 bridgehead atoms. The van der Waals surface area contributed by atoms with E-state index in [0.29, 0.717) is 6.54 Å². The van der Waals surface area contributed by atoms with E-state index in [1.54, 1.807) is 7.11 Å². The number of hydrogen-bond donors (Lipinski definition) is 1. The summed E-state index contributed by atoms with van der Waals surface area (Å²) in [6, 6.07) is 6.25. The van der Waals surface area contributed by atoms with Crippen LogP contribution in [0, 0.1) is 0 Å². The zero-order valence-corrected chi connectivity index (χ0v) is 12.1. The minimum Gasteiger partial charge on any atom is -0.493 e. The van der Waals surface area contributed by atoms with E-state index >= 15 is 0 Å². The monoisotopic (exact) mass is 277 g/mol. The van der Waals surface area contributed by atoms with Gasteiger partial charge in [0.1, 0.15) is 6.10 Å². The van der Waals surface area contributed by atoms with E-state index in [1.165, 1.54) is 18.4 Å². The second kappa shape index (κ2) is 5.62. The Labute approximate surface area is 120 Å². The topological polar surface area (TPSA) is 53.7 Å². The van der Waals surface area contributed by atoms with Gasteiger partial charge in [-0.1, -0.05) is 6.07 Å².